The van der Waals surface area contributed by atoms with Crippen LogP contribution in [0.5, 0.6) is 0 Å². The fraction of sp³-hybridized carbons (Fsp3) is 0.133. The van der Waals surface area contributed by atoms with Crippen LogP contribution < -0.4 is 5.32 Å². The summed E-state index contributed by atoms with van der Waals surface area (Å²) in [6, 6.07) is 9.72. The first-order chi connectivity index (χ1) is 10.2. The van der Waals surface area contributed by atoms with Gasteiger partial charge in [-0.2, -0.15) is 0 Å². The summed E-state index contributed by atoms with van der Waals surface area (Å²) in [5, 5.41) is 5.73. The van der Waals surface area contributed by atoms with Gasteiger partial charge < -0.3 is 5.32 Å². The van der Waals surface area contributed by atoms with E-state index in [9.17, 15) is 4.79 Å². The molecular formula is C15H13N3OS2. The van der Waals surface area contributed by atoms with Gasteiger partial charge in [-0.05, 0) is 36.1 Å². The van der Waals surface area contributed by atoms with E-state index in [1.165, 1.54) is 18.1 Å². The molecule has 1 amide bonds. The fourth-order valence-corrected chi connectivity index (χ4v) is 3.67. The van der Waals surface area contributed by atoms with Crippen molar-refractivity contribution in [1.29, 1.82) is 0 Å². The minimum Gasteiger partial charge on any atom is -0.325 e. The number of nitrogens with zero attached hydrogens (tertiary/aromatic N) is 2. The van der Waals surface area contributed by atoms with E-state index in [1.54, 1.807) is 11.3 Å². The van der Waals surface area contributed by atoms with Crippen molar-refractivity contribution >= 4 is 44.9 Å². The molecule has 0 saturated carbocycles. The highest BCUT2D eigenvalue weighted by Gasteiger charge is 2.09. The lowest BCUT2D eigenvalue weighted by atomic mass is 10.2. The maximum absolute atomic E-state index is 12.0. The minimum atomic E-state index is -0.0334. The second-order valence-electron chi connectivity index (χ2n) is 4.52. The van der Waals surface area contributed by atoms with E-state index in [4.69, 9.17) is 0 Å². The fourth-order valence-electron chi connectivity index (χ4n) is 1.92. The standard InChI is InChI=1S/C15H13N3OS2/c1-10-3-2-4-11(7-10)18-13(19)8-21-15-14-12(5-6-20-14)16-9-17-15/h2-7,9H,8H2,1H3,(H,18,19). The monoisotopic (exact) mass is 315 g/mol. The second kappa shape index (κ2) is 6.24. The van der Waals surface area contributed by atoms with E-state index in [0.717, 1.165) is 26.5 Å². The van der Waals surface area contributed by atoms with Gasteiger partial charge in [0.25, 0.3) is 0 Å². The summed E-state index contributed by atoms with van der Waals surface area (Å²) in [5.41, 5.74) is 2.87. The zero-order chi connectivity index (χ0) is 14.7. The van der Waals surface area contributed by atoms with Gasteiger partial charge in [0.1, 0.15) is 11.4 Å². The molecule has 0 radical (unpaired) electrons. The van der Waals surface area contributed by atoms with E-state index in [0.29, 0.717) is 5.75 Å². The highest BCUT2D eigenvalue weighted by atomic mass is 32.2. The highest BCUT2D eigenvalue weighted by molar-refractivity contribution is 8.00. The number of anilines is 1. The predicted octanol–water partition coefficient (Wildman–Crippen LogP) is 3.73. The van der Waals surface area contributed by atoms with Gasteiger partial charge in [-0.3, -0.25) is 4.79 Å². The van der Waals surface area contributed by atoms with E-state index in [-0.39, 0.29) is 5.91 Å². The molecule has 1 N–H and O–H groups in total. The molecule has 6 heteroatoms. The van der Waals surface area contributed by atoms with Crippen LogP contribution in [0, 0.1) is 6.92 Å². The summed E-state index contributed by atoms with van der Waals surface area (Å²) in [5.74, 6) is 0.298. The number of hydrogen-bond donors (Lipinski definition) is 1. The first kappa shape index (κ1) is 14.0. The molecule has 21 heavy (non-hydrogen) atoms. The number of amides is 1. The van der Waals surface area contributed by atoms with Crippen molar-refractivity contribution in [2.45, 2.75) is 11.9 Å². The lowest BCUT2D eigenvalue weighted by Crippen LogP contribution is -2.14. The molecule has 106 valence electrons. The van der Waals surface area contributed by atoms with Crippen LogP contribution >= 0.6 is 23.1 Å². The molecule has 0 unspecified atom stereocenters. The van der Waals surface area contributed by atoms with Gasteiger partial charge >= 0.3 is 0 Å². The third kappa shape index (κ3) is 3.40. The Balaban J connectivity index is 1.65. The molecule has 0 aliphatic heterocycles. The Kier molecular flexibility index (Phi) is 4.17. The topological polar surface area (TPSA) is 54.9 Å². The maximum atomic E-state index is 12.0. The number of thioether (sulfide) groups is 1. The quantitative estimate of drug-likeness (QED) is 0.589. The number of aryl methyl sites for hydroxylation is 1. The van der Waals surface area contributed by atoms with E-state index < -0.39 is 0 Å². The van der Waals surface area contributed by atoms with Crippen molar-refractivity contribution in [3.63, 3.8) is 0 Å². The maximum Gasteiger partial charge on any atom is 0.234 e. The molecule has 2 heterocycles. The number of benzene rings is 1. The van der Waals surface area contributed by atoms with Gasteiger partial charge in [0.15, 0.2) is 0 Å². The molecule has 0 fully saturated rings. The third-order valence-electron chi connectivity index (χ3n) is 2.85. The molecule has 0 aliphatic rings. The van der Waals surface area contributed by atoms with Crippen LogP contribution in [0.3, 0.4) is 0 Å². The molecule has 0 saturated heterocycles. The van der Waals surface area contributed by atoms with Crippen LogP contribution in [-0.4, -0.2) is 21.6 Å². The van der Waals surface area contributed by atoms with Gasteiger partial charge in [0.05, 0.1) is 16.0 Å². The zero-order valence-corrected chi connectivity index (χ0v) is 13.0. The highest BCUT2D eigenvalue weighted by Crippen LogP contribution is 2.28. The van der Waals surface area contributed by atoms with Gasteiger partial charge in [0.2, 0.25) is 5.91 Å². The summed E-state index contributed by atoms with van der Waals surface area (Å²) in [4.78, 5) is 20.4. The molecule has 3 rings (SSSR count). The predicted molar refractivity (Wildman–Crippen MR) is 87.9 cm³/mol. The number of nitrogens with one attached hydrogen (secondary N) is 1. The number of rotatable bonds is 4. The average Bonchev–Trinajstić information content (AvgIpc) is 2.94. The molecular weight excluding hydrogens is 302 g/mol. The van der Waals surface area contributed by atoms with Gasteiger partial charge in [0, 0.05) is 5.69 Å². The Labute approximate surface area is 130 Å². The molecule has 0 bridgehead atoms. The van der Waals surface area contributed by atoms with Gasteiger partial charge in [-0.1, -0.05) is 23.9 Å². The summed E-state index contributed by atoms with van der Waals surface area (Å²) in [7, 11) is 0. The van der Waals surface area contributed by atoms with Crippen LogP contribution in [0.4, 0.5) is 5.69 Å². The first-order valence-electron chi connectivity index (χ1n) is 6.40. The number of fused-ring (bicyclic) bond motifs is 1. The molecule has 0 atom stereocenters. The van der Waals surface area contributed by atoms with Crippen LogP contribution in [0.1, 0.15) is 5.56 Å². The second-order valence-corrected chi connectivity index (χ2v) is 6.40. The van der Waals surface area contributed by atoms with Crippen molar-refractivity contribution in [1.82, 2.24) is 9.97 Å². The summed E-state index contributed by atoms with van der Waals surface area (Å²) in [6.07, 6.45) is 1.54. The smallest absolute Gasteiger partial charge is 0.234 e. The van der Waals surface area contributed by atoms with Crippen LogP contribution in [0.2, 0.25) is 0 Å². The number of aromatic nitrogens is 2. The minimum absolute atomic E-state index is 0.0334. The van der Waals surface area contributed by atoms with E-state index in [1.807, 2.05) is 42.6 Å². The largest absolute Gasteiger partial charge is 0.325 e. The molecule has 2 aromatic heterocycles. The molecule has 3 aromatic rings. The third-order valence-corrected chi connectivity index (χ3v) is 4.88. The lowest BCUT2D eigenvalue weighted by molar-refractivity contribution is -0.113. The first-order valence-corrected chi connectivity index (χ1v) is 8.26. The Bertz CT molecular complexity index is 785. The Morgan fingerprint density at radius 2 is 2.24 bits per heavy atom. The van der Waals surface area contributed by atoms with Crippen LogP contribution in [0.15, 0.2) is 47.1 Å². The van der Waals surface area contributed by atoms with Crippen molar-refractivity contribution in [2.24, 2.45) is 0 Å². The van der Waals surface area contributed by atoms with E-state index >= 15 is 0 Å². The molecule has 0 spiro atoms. The van der Waals surface area contributed by atoms with Gasteiger partial charge in [-0.25, -0.2) is 9.97 Å². The number of carbonyl (C=O) groups is 1. The summed E-state index contributed by atoms with van der Waals surface area (Å²) < 4.78 is 1.03. The summed E-state index contributed by atoms with van der Waals surface area (Å²) >= 11 is 3.03. The zero-order valence-electron chi connectivity index (χ0n) is 11.4. The lowest BCUT2D eigenvalue weighted by Gasteiger charge is -2.06. The Morgan fingerprint density at radius 3 is 3.10 bits per heavy atom. The molecule has 0 aliphatic carbocycles. The van der Waals surface area contributed by atoms with Crippen LogP contribution in [0.25, 0.3) is 10.2 Å². The number of carbonyl (C=O) groups excluding carboxylic acids is 1. The van der Waals surface area contributed by atoms with Crippen molar-refractivity contribution in [3.05, 3.63) is 47.6 Å². The molecule has 4 nitrogen and oxygen atoms in total. The molecule has 1 aromatic carbocycles. The normalized spacial score (nSPS) is 10.7. The summed E-state index contributed by atoms with van der Waals surface area (Å²) in [6.45, 7) is 2.00. The Morgan fingerprint density at radius 1 is 1.33 bits per heavy atom. The SMILES string of the molecule is Cc1cccc(NC(=O)CSc2ncnc3ccsc23)c1. The number of thiophene rings is 1. The number of hydrogen-bond acceptors (Lipinski definition) is 5. The van der Waals surface area contributed by atoms with Crippen LogP contribution in [-0.2, 0) is 4.79 Å². The van der Waals surface area contributed by atoms with Crippen molar-refractivity contribution in [2.75, 3.05) is 11.1 Å². The Hall–Kier alpha value is -1.92. The van der Waals surface area contributed by atoms with Crippen molar-refractivity contribution in [3.8, 4) is 0 Å². The van der Waals surface area contributed by atoms with E-state index in [2.05, 4.69) is 15.3 Å². The van der Waals surface area contributed by atoms with Crippen molar-refractivity contribution < 1.29 is 4.79 Å². The van der Waals surface area contributed by atoms with Gasteiger partial charge in [-0.15, -0.1) is 11.3 Å². The average molecular weight is 315 g/mol.